The highest BCUT2D eigenvalue weighted by Crippen LogP contribution is 2.24. The molecule has 0 spiro atoms. The van der Waals surface area contributed by atoms with Gasteiger partial charge in [0.2, 0.25) is 10.0 Å². The maximum absolute atomic E-state index is 12.4. The summed E-state index contributed by atoms with van der Waals surface area (Å²) in [5, 5.41) is 0. The molecule has 1 aromatic rings. The lowest BCUT2D eigenvalue weighted by molar-refractivity contribution is 0.0654. The number of amides is 2. The summed E-state index contributed by atoms with van der Waals surface area (Å²) in [5.41, 5.74) is 6.40. The average molecular weight is 388 g/mol. The Kier molecular flexibility index (Phi) is 6.21. The maximum atomic E-state index is 12.4. The molecule has 3 rings (SSSR count). The molecule has 1 fully saturated rings. The lowest BCUT2D eigenvalue weighted by atomic mass is 10.1. The Bertz CT molecular complexity index is 733. The van der Waals surface area contributed by atoms with Crippen LogP contribution >= 0.6 is 12.4 Å². The van der Waals surface area contributed by atoms with Crippen LogP contribution in [0.3, 0.4) is 0 Å². The van der Waals surface area contributed by atoms with E-state index in [0.29, 0.717) is 24.2 Å². The quantitative estimate of drug-likeness (QED) is 0.729. The number of hydrogen-bond donors (Lipinski definition) is 1. The minimum Gasteiger partial charge on any atom is -0.329 e. The number of fused-ring (bicyclic) bond motifs is 1. The number of rotatable bonds is 6. The summed E-state index contributed by atoms with van der Waals surface area (Å²) >= 11 is 0. The Morgan fingerprint density at radius 2 is 1.72 bits per heavy atom. The van der Waals surface area contributed by atoms with Gasteiger partial charge in [0.15, 0.2) is 0 Å². The van der Waals surface area contributed by atoms with Crippen LogP contribution in [0.5, 0.6) is 0 Å². The highest BCUT2D eigenvalue weighted by atomic mass is 35.5. The first kappa shape index (κ1) is 19.8. The molecule has 0 bridgehead atoms. The number of nitrogens with zero attached hydrogens (tertiary/aromatic N) is 2. The van der Waals surface area contributed by atoms with E-state index in [1.807, 2.05) is 0 Å². The summed E-state index contributed by atoms with van der Waals surface area (Å²) in [6, 6.07) is 6.51. The summed E-state index contributed by atoms with van der Waals surface area (Å²) < 4.78 is 26.3. The molecule has 2 aliphatic rings. The zero-order valence-electron chi connectivity index (χ0n) is 13.8. The third-order valence-electron chi connectivity index (χ3n) is 4.61. The van der Waals surface area contributed by atoms with Gasteiger partial charge >= 0.3 is 0 Å². The minimum atomic E-state index is -3.41. The van der Waals surface area contributed by atoms with E-state index in [1.165, 1.54) is 4.31 Å². The van der Waals surface area contributed by atoms with Gasteiger partial charge in [0.1, 0.15) is 0 Å². The molecule has 2 heterocycles. The minimum absolute atomic E-state index is 0. The number of hydrogen-bond acceptors (Lipinski definition) is 5. The Morgan fingerprint density at radius 3 is 2.28 bits per heavy atom. The molecule has 9 heteroatoms. The predicted molar refractivity (Wildman–Crippen MR) is 96.2 cm³/mol. The van der Waals surface area contributed by atoms with Crippen LogP contribution in [0.2, 0.25) is 0 Å². The summed E-state index contributed by atoms with van der Waals surface area (Å²) in [5.74, 6) is -0.792. The van der Waals surface area contributed by atoms with Crippen LogP contribution < -0.4 is 5.73 Å². The number of nitrogens with two attached hydrogens (primary N) is 1. The monoisotopic (exact) mass is 387 g/mol. The van der Waals surface area contributed by atoms with Gasteiger partial charge in [0.05, 0.1) is 16.9 Å². The summed E-state index contributed by atoms with van der Waals surface area (Å²) in [6.45, 7) is 0.918. The zero-order chi connectivity index (χ0) is 17.3. The topological polar surface area (TPSA) is 101 Å². The van der Waals surface area contributed by atoms with Crippen molar-refractivity contribution in [1.82, 2.24) is 9.21 Å². The van der Waals surface area contributed by atoms with E-state index in [-0.39, 0.29) is 49.0 Å². The highest BCUT2D eigenvalue weighted by molar-refractivity contribution is 7.89. The molecule has 2 amide bonds. The molecule has 0 aliphatic carbocycles. The number of carbonyl (C=O) groups excluding carboxylic acids is 2. The van der Waals surface area contributed by atoms with Crippen LogP contribution in [0.15, 0.2) is 24.3 Å². The molecule has 1 atom stereocenters. The predicted octanol–water partition coefficient (Wildman–Crippen LogP) is 0.847. The Balaban J connectivity index is 0.00000225. The molecule has 0 saturated carbocycles. The molecule has 25 heavy (non-hydrogen) atoms. The summed E-state index contributed by atoms with van der Waals surface area (Å²) in [6.07, 6.45) is 1.83. The number of benzene rings is 1. The van der Waals surface area contributed by atoms with Crippen LogP contribution in [-0.2, 0) is 10.0 Å². The largest absolute Gasteiger partial charge is 0.329 e. The zero-order valence-corrected chi connectivity index (χ0v) is 15.4. The van der Waals surface area contributed by atoms with Gasteiger partial charge in [-0.15, -0.1) is 12.4 Å². The van der Waals surface area contributed by atoms with Gasteiger partial charge in [0, 0.05) is 25.7 Å². The van der Waals surface area contributed by atoms with Gasteiger partial charge < -0.3 is 5.73 Å². The molecule has 2 N–H and O–H groups in total. The molecule has 1 unspecified atom stereocenters. The average Bonchev–Trinajstić information content (AvgIpc) is 3.15. The second-order valence-corrected chi connectivity index (χ2v) is 8.16. The molecular formula is C16H22ClN3O4S. The number of sulfonamides is 1. The molecular weight excluding hydrogens is 366 g/mol. The van der Waals surface area contributed by atoms with Crippen molar-refractivity contribution in [3.63, 3.8) is 0 Å². The fourth-order valence-electron chi connectivity index (χ4n) is 3.38. The van der Waals surface area contributed by atoms with E-state index < -0.39 is 10.0 Å². The van der Waals surface area contributed by atoms with E-state index >= 15 is 0 Å². The molecule has 0 aromatic heterocycles. The van der Waals surface area contributed by atoms with E-state index in [4.69, 9.17) is 5.73 Å². The lowest BCUT2D eigenvalue weighted by Crippen LogP contribution is -2.41. The second-order valence-electron chi connectivity index (χ2n) is 6.12. The van der Waals surface area contributed by atoms with Crippen molar-refractivity contribution in [3.05, 3.63) is 35.4 Å². The molecule has 7 nitrogen and oxygen atoms in total. The fourth-order valence-corrected chi connectivity index (χ4v) is 5.16. The van der Waals surface area contributed by atoms with Gasteiger partial charge in [-0.2, -0.15) is 4.31 Å². The highest BCUT2D eigenvalue weighted by Gasteiger charge is 2.36. The van der Waals surface area contributed by atoms with Crippen LogP contribution in [0.25, 0.3) is 0 Å². The smallest absolute Gasteiger partial charge is 0.261 e. The maximum Gasteiger partial charge on any atom is 0.261 e. The van der Waals surface area contributed by atoms with E-state index in [1.54, 1.807) is 24.3 Å². The first-order chi connectivity index (χ1) is 11.5. The van der Waals surface area contributed by atoms with Crippen LogP contribution in [0.1, 0.15) is 40.0 Å². The van der Waals surface area contributed by atoms with E-state index in [0.717, 1.165) is 17.7 Å². The van der Waals surface area contributed by atoms with Gasteiger partial charge in [0.25, 0.3) is 11.8 Å². The van der Waals surface area contributed by atoms with Gasteiger partial charge in [-0.25, -0.2) is 8.42 Å². The molecule has 1 aromatic carbocycles. The first-order valence-electron chi connectivity index (χ1n) is 8.10. The molecule has 138 valence electrons. The number of carbonyl (C=O) groups is 2. The third kappa shape index (κ3) is 3.72. The van der Waals surface area contributed by atoms with E-state index in [9.17, 15) is 18.0 Å². The number of imide groups is 1. The third-order valence-corrected chi connectivity index (χ3v) is 6.61. The standard InChI is InChI=1S/C16H21N3O4S.ClH/c17-11-12-5-3-9-19(12)24(22,23)10-4-8-18-15(20)13-6-1-2-7-14(13)16(18)21;/h1-2,6-7,12H,3-5,8-11,17H2;1H. The van der Waals surface area contributed by atoms with Crippen LogP contribution in [-0.4, -0.2) is 60.9 Å². The summed E-state index contributed by atoms with van der Waals surface area (Å²) in [7, 11) is -3.41. The van der Waals surface area contributed by atoms with Crippen molar-refractivity contribution in [2.45, 2.75) is 25.3 Å². The molecule has 1 saturated heterocycles. The number of halogens is 1. The molecule has 0 radical (unpaired) electrons. The van der Waals surface area contributed by atoms with Crippen molar-refractivity contribution in [2.24, 2.45) is 5.73 Å². The molecule has 2 aliphatic heterocycles. The summed E-state index contributed by atoms with van der Waals surface area (Å²) in [4.78, 5) is 25.6. The first-order valence-corrected chi connectivity index (χ1v) is 9.71. The fraction of sp³-hybridized carbons (Fsp3) is 0.500. The van der Waals surface area contributed by atoms with Crippen molar-refractivity contribution < 1.29 is 18.0 Å². The Hall–Kier alpha value is -1.48. The van der Waals surface area contributed by atoms with Crippen molar-refractivity contribution >= 4 is 34.2 Å². The van der Waals surface area contributed by atoms with Crippen molar-refractivity contribution in [3.8, 4) is 0 Å². The van der Waals surface area contributed by atoms with Crippen LogP contribution in [0.4, 0.5) is 0 Å². The lowest BCUT2D eigenvalue weighted by Gasteiger charge is -2.23. The SMILES string of the molecule is Cl.NCC1CCCN1S(=O)(=O)CCCN1C(=O)c2ccccc2C1=O. The van der Waals surface area contributed by atoms with Crippen LogP contribution in [0, 0.1) is 0 Å². The van der Waals surface area contributed by atoms with Gasteiger partial charge in [-0.3, -0.25) is 14.5 Å². The van der Waals surface area contributed by atoms with Crippen molar-refractivity contribution in [1.29, 1.82) is 0 Å². The van der Waals surface area contributed by atoms with Gasteiger partial charge in [-0.05, 0) is 31.4 Å². The van der Waals surface area contributed by atoms with E-state index in [2.05, 4.69) is 0 Å². The normalized spacial score (nSPS) is 20.7. The van der Waals surface area contributed by atoms with Gasteiger partial charge in [-0.1, -0.05) is 12.1 Å². The second kappa shape index (κ2) is 7.82. The Labute approximate surface area is 153 Å². The van der Waals surface area contributed by atoms with Crippen molar-refractivity contribution in [2.75, 3.05) is 25.4 Å². The Morgan fingerprint density at radius 1 is 1.12 bits per heavy atom.